The van der Waals surface area contributed by atoms with Crippen LogP contribution in [0.25, 0.3) is 0 Å². The van der Waals surface area contributed by atoms with E-state index in [0.717, 1.165) is 19.3 Å². The van der Waals surface area contributed by atoms with Gasteiger partial charge in [0, 0.05) is 11.8 Å². The first-order valence-electron chi connectivity index (χ1n) is 7.17. The lowest BCUT2D eigenvalue weighted by Gasteiger charge is -2.52. The van der Waals surface area contributed by atoms with Crippen molar-refractivity contribution in [3.63, 3.8) is 0 Å². The van der Waals surface area contributed by atoms with Crippen LogP contribution in [0, 0.1) is 23.2 Å². The number of aliphatic hydroxyl groups is 2. The highest BCUT2D eigenvalue weighted by atomic mass is 16.6. The van der Waals surface area contributed by atoms with Gasteiger partial charge in [0.05, 0.1) is 12.2 Å². The lowest BCUT2D eigenvalue weighted by atomic mass is 9.52. The van der Waals surface area contributed by atoms with Gasteiger partial charge < -0.3 is 14.9 Å². The second-order valence-electron chi connectivity index (χ2n) is 6.67. The molecule has 18 heavy (non-hydrogen) atoms. The van der Waals surface area contributed by atoms with Gasteiger partial charge in [-0.3, -0.25) is 0 Å². The molecule has 2 N–H and O–H groups in total. The van der Waals surface area contributed by atoms with Crippen LogP contribution in [0.5, 0.6) is 0 Å². The highest BCUT2D eigenvalue weighted by Gasteiger charge is 2.57. The molecule has 0 aromatic carbocycles. The van der Waals surface area contributed by atoms with E-state index in [1.807, 2.05) is 0 Å². The molecular formula is C15H24O3. The Morgan fingerprint density at radius 2 is 2.06 bits per heavy atom. The van der Waals surface area contributed by atoms with Gasteiger partial charge in [0.25, 0.3) is 0 Å². The average Bonchev–Trinajstić information content (AvgIpc) is 2.58. The highest BCUT2D eigenvalue weighted by molar-refractivity contribution is 5.26. The van der Waals surface area contributed by atoms with Crippen molar-refractivity contribution in [2.75, 3.05) is 0 Å². The molecular weight excluding hydrogens is 228 g/mol. The van der Waals surface area contributed by atoms with Crippen LogP contribution in [-0.4, -0.2) is 28.7 Å². The van der Waals surface area contributed by atoms with Crippen LogP contribution in [0.2, 0.25) is 0 Å². The van der Waals surface area contributed by atoms with Crippen molar-refractivity contribution in [3.05, 3.63) is 11.6 Å². The SMILES string of the molecule is C[C@H]1[C@H]2[C@H](CCC3=C[C@H](O)C[C@H](C)[C@]32C)O[C@H]1O. The zero-order valence-corrected chi connectivity index (χ0v) is 11.5. The summed E-state index contributed by atoms with van der Waals surface area (Å²) in [5.41, 5.74) is 1.47. The summed E-state index contributed by atoms with van der Waals surface area (Å²) in [6.07, 6.45) is 4.15. The number of rotatable bonds is 0. The lowest BCUT2D eigenvalue weighted by Crippen LogP contribution is -2.48. The first kappa shape index (κ1) is 12.6. The van der Waals surface area contributed by atoms with Crippen molar-refractivity contribution < 1.29 is 14.9 Å². The molecule has 0 spiro atoms. The molecule has 2 aliphatic carbocycles. The van der Waals surface area contributed by atoms with E-state index in [2.05, 4.69) is 26.8 Å². The van der Waals surface area contributed by atoms with E-state index in [0.29, 0.717) is 11.8 Å². The topological polar surface area (TPSA) is 49.7 Å². The number of allylic oxidation sites excluding steroid dienone is 1. The Kier molecular flexibility index (Phi) is 2.85. The molecule has 0 radical (unpaired) electrons. The minimum Gasteiger partial charge on any atom is -0.389 e. The Bertz CT molecular complexity index is 378. The fourth-order valence-electron chi connectivity index (χ4n) is 4.68. The molecule has 1 aliphatic heterocycles. The third-order valence-corrected chi connectivity index (χ3v) is 5.83. The summed E-state index contributed by atoms with van der Waals surface area (Å²) >= 11 is 0. The second kappa shape index (κ2) is 4.06. The molecule has 0 amide bonds. The molecule has 3 rings (SSSR count). The van der Waals surface area contributed by atoms with Crippen LogP contribution in [0.15, 0.2) is 11.6 Å². The molecule has 3 heteroatoms. The van der Waals surface area contributed by atoms with Crippen LogP contribution in [0.4, 0.5) is 0 Å². The van der Waals surface area contributed by atoms with Crippen molar-refractivity contribution in [1.82, 2.24) is 0 Å². The van der Waals surface area contributed by atoms with Crippen LogP contribution in [-0.2, 0) is 4.74 Å². The molecule has 0 unspecified atom stereocenters. The van der Waals surface area contributed by atoms with Crippen LogP contribution >= 0.6 is 0 Å². The molecule has 0 aromatic rings. The minimum atomic E-state index is -0.616. The van der Waals surface area contributed by atoms with Gasteiger partial charge in [0.2, 0.25) is 0 Å². The van der Waals surface area contributed by atoms with Crippen molar-refractivity contribution in [2.24, 2.45) is 23.2 Å². The number of hydrogen-bond acceptors (Lipinski definition) is 3. The van der Waals surface area contributed by atoms with Gasteiger partial charge in [-0.05, 0) is 30.6 Å². The van der Waals surface area contributed by atoms with Gasteiger partial charge in [0.15, 0.2) is 6.29 Å². The molecule has 7 atom stereocenters. The molecule has 1 saturated carbocycles. The van der Waals surface area contributed by atoms with Gasteiger partial charge in [-0.1, -0.05) is 32.4 Å². The van der Waals surface area contributed by atoms with Crippen molar-refractivity contribution in [2.45, 2.75) is 58.5 Å². The fourth-order valence-corrected chi connectivity index (χ4v) is 4.68. The first-order valence-corrected chi connectivity index (χ1v) is 7.17. The number of aliphatic hydroxyl groups excluding tert-OH is 2. The zero-order valence-electron chi connectivity index (χ0n) is 11.5. The van der Waals surface area contributed by atoms with Crippen molar-refractivity contribution in [3.8, 4) is 0 Å². The summed E-state index contributed by atoms with van der Waals surface area (Å²) in [5.74, 6) is 1.01. The quantitative estimate of drug-likeness (QED) is 0.649. The van der Waals surface area contributed by atoms with E-state index in [9.17, 15) is 10.2 Å². The zero-order chi connectivity index (χ0) is 13.1. The summed E-state index contributed by atoms with van der Waals surface area (Å²) < 4.78 is 5.73. The lowest BCUT2D eigenvalue weighted by molar-refractivity contribution is -0.110. The maximum Gasteiger partial charge on any atom is 0.157 e. The minimum absolute atomic E-state index is 0.0824. The predicted molar refractivity (Wildman–Crippen MR) is 68.7 cm³/mol. The number of hydrogen-bond donors (Lipinski definition) is 2. The summed E-state index contributed by atoms with van der Waals surface area (Å²) in [6, 6.07) is 0. The smallest absolute Gasteiger partial charge is 0.157 e. The fraction of sp³-hybridized carbons (Fsp3) is 0.867. The largest absolute Gasteiger partial charge is 0.389 e. The van der Waals surface area contributed by atoms with E-state index in [1.54, 1.807) is 0 Å². The van der Waals surface area contributed by atoms with Crippen molar-refractivity contribution >= 4 is 0 Å². The Labute approximate surface area is 109 Å². The number of fused-ring (bicyclic) bond motifs is 3. The van der Waals surface area contributed by atoms with Crippen molar-refractivity contribution in [1.29, 1.82) is 0 Å². The summed E-state index contributed by atoms with van der Waals surface area (Å²) in [4.78, 5) is 0. The standard InChI is InChI=1S/C15H24O3/c1-8-6-11(16)7-10-4-5-12-13(15(8,10)3)9(2)14(17)18-12/h7-9,11-14,16-17H,4-6H2,1-3H3/t8-,9-,11+,12-,13-,14+,15+/m0/s1. The van der Waals surface area contributed by atoms with Gasteiger partial charge in [-0.15, -0.1) is 0 Å². The van der Waals surface area contributed by atoms with Crippen LogP contribution in [0.3, 0.4) is 0 Å². The molecule has 0 bridgehead atoms. The normalized spacial score (nSPS) is 55.7. The van der Waals surface area contributed by atoms with E-state index in [-0.39, 0.29) is 23.5 Å². The second-order valence-corrected chi connectivity index (χ2v) is 6.67. The molecule has 3 aliphatic rings. The van der Waals surface area contributed by atoms with Crippen LogP contribution in [0.1, 0.15) is 40.0 Å². The number of ether oxygens (including phenoxy) is 1. The predicted octanol–water partition coefficient (Wildman–Crippen LogP) is 2.08. The van der Waals surface area contributed by atoms with E-state index in [1.165, 1.54) is 5.57 Å². The molecule has 2 fully saturated rings. The molecule has 3 nitrogen and oxygen atoms in total. The summed E-state index contributed by atoms with van der Waals surface area (Å²) in [6.45, 7) is 6.64. The Hall–Kier alpha value is -0.380. The average molecular weight is 252 g/mol. The van der Waals surface area contributed by atoms with E-state index < -0.39 is 6.29 Å². The van der Waals surface area contributed by atoms with E-state index >= 15 is 0 Å². The third-order valence-electron chi connectivity index (χ3n) is 5.83. The van der Waals surface area contributed by atoms with E-state index in [4.69, 9.17) is 4.74 Å². The van der Waals surface area contributed by atoms with Gasteiger partial charge in [-0.25, -0.2) is 0 Å². The summed E-state index contributed by atoms with van der Waals surface area (Å²) in [7, 11) is 0. The molecule has 1 saturated heterocycles. The molecule has 1 heterocycles. The Morgan fingerprint density at radius 1 is 1.33 bits per heavy atom. The van der Waals surface area contributed by atoms with Gasteiger partial charge in [-0.2, -0.15) is 0 Å². The molecule has 102 valence electrons. The summed E-state index contributed by atoms with van der Waals surface area (Å²) in [5, 5.41) is 19.9. The van der Waals surface area contributed by atoms with Crippen LogP contribution < -0.4 is 0 Å². The highest BCUT2D eigenvalue weighted by Crippen LogP contribution is 2.59. The maximum absolute atomic E-state index is 9.98. The monoisotopic (exact) mass is 252 g/mol. The maximum atomic E-state index is 9.98. The van der Waals surface area contributed by atoms with Gasteiger partial charge in [0.1, 0.15) is 0 Å². The molecule has 0 aromatic heterocycles. The third kappa shape index (κ3) is 1.54. The first-order chi connectivity index (χ1) is 8.44. The van der Waals surface area contributed by atoms with Gasteiger partial charge >= 0.3 is 0 Å². The Morgan fingerprint density at radius 3 is 2.78 bits per heavy atom. The Balaban J connectivity index is 2.02.